The number of hydrogen-bond donors (Lipinski definition) is 1. The van der Waals surface area contributed by atoms with Crippen LogP contribution < -0.4 is 0 Å². The Morgan fingerprint density at radius 3 is 2.85 bits per heavy atom. The van der Waals surface area contributed by atoms with Crippen LogP contribution in [0.3, 0.4) is 0 Å². The van der Waals surface area contributed by atoms with Gasteiger partial charge in [-0.25, -0.2) is 15.0 Å². The molecule has 0 radical (unpaired) electrons. The summed E-state index contributed by atoms with van der Waals surface area (Å²) in [7, 11) is 0. The van der Waals surface area contributed by atoms with Gasteiger partial charge in [-0.05, 0) is 25.5 Å². The summed E-state index contributed by atoms with van der Waals surface area (Å²) in [6, 6.07) is 12.4. The molecule has 0 bridgehead atoms. The normalized spacial score (nSPS) is 18.1. The number of piperidine rings is 1. The van der Waals surface area contributed by atoms with Gasteiger partial charge in [0.05, 0.1) is 11.4 Å². The third-order valence-corrected chi connectivity index (χ3v) is 5.33. The highest BCUT2D eigenvalue weighted by Gasteiger charge is 2.25. The Bertz CT molecular complexity index is 1020. The molecule has 1 aliphatic rings. The second kappa shape index (κ2) is 6.96. The SMILES string of the molecule is c1ccc(-c2nc3ncccn3c2CN2CCC[C@@H](c3ncc[nH]3)C2)cc1. The number of benzene rings is 1. The molecule has 0 aliphatic carbocycles. The van der Waals surface area contributed by atoms with Crippen molar-refractivity contribution in [1.82, 2.24) is 29.2 Å². The van der Waals surface area contributed by atoms with E-state index in [9.17, 15) is 0 Å². The molecule has 1 aromatic carbocycles. The largest absolute Gasteiger partial charge is 0.348 e. The molecule has 0 unspecified atom stereocenters. The lowest BCUT2D eigenvalue weighted by molar-refractivity contribution is 0.195. The van der Waals surface area contributed by atoms with Crippen molar-refractivity contribution in [2.75, 3.05) is 13.1 Å². The highest BCUT2D eigenvalue weighted by molar-refractivity contribution is 5.65. The van der Waals surface area contributed by atoms with Gasteiger partial charge in [0.25, 0.3) is 0 Å². The second-order valence-electron chi connectivity index (χ2n) is 7.11. The number of imidazole rings is 2. The Kier molecular flexibility index (Phi) is 4.18. The first kappa shape index (κ1) is 16.2. The van der Waals surface area contributed by atoms with Gasteiger partial charge in [0.2, 0.25) is 5.78 Å². The van der Waals surface area contributed by atoms with Crippen molar-refractivity contribution in [3.63, 3.8) is 0 Å². The topological polar surface area (TPSA) is 62.1 Å². The molecule has 1 N–H and O–H groups in total. The molecule has 1 fully saturated rings. The molecule has 136 valence electrons. The zero-order valence-corrected chi connectivity index (χ0v) is 15.1. The average molecular weight is 358 g/mol. The van der Waals surface area contributed by atoms with Crippen molar-refractivity contribution in [2.45, 2.75) is 25.3 Å². The molecule has 0 saturated carbocycles. The summed E-state index contributed by atoms with van der Waals surface area (Å²) in [5.74, 6) is 2.32. The van der Waals surface area contributed by atoms with Crippen LogP contribution in [0.5, 0.6) is 0 Å². The molecule has 4 aromatic rings. The molecule has 27 heavy (non-hydrogen) atoms. The van der Waals surface area contributed by atoms with Crippen LogP contribution >= 0.6 is 0 Å². The van der Waals surface area contributed by atoms with Gasteiger partial charge in [-0.1, -0.05) is 30.3 Å². The van der Waals surface area contributed by atoms with Gasteiger partial charge in [0.1, 0.15) is 5.82 Å². The molecule has 6 heteroatoms. The van der Waals surface area contributed by atoms with Gasteiger partial charge in [-0.3, -0.25) is 9.30 Å². The van der Waals surface area contributed by atoms with Crippen LogP contribution in [0, 0.1) is 0 Å². The van der Waals surface area contributed by atoms with E-state index in [0.29, 0.717) is 5.92 Å². The van der Waals surface area contributed by atoms with Crippen LogP contribution in [-0.2, 0) is 6.54 Å². The second-order valence-corrected chi connectivity index (χ2v) is 7.11. The van der Waals surface area contributed by atoms with Crippen molar-refractivity contribution in [3.05, 3.63) is 72.7 Å². The highest BCUT2D eigenvalue weighted by atomic mass is 15.2. The van der Waals surface area contributed by atoms with E-state index in [1.807, 2.05) is 24.5 Å². The van der Waals surface area contributed by atoms with E-state index in [0.717, 1.165) is 42.5 Å². The van der Waals surface area contributed by atoms with Crippen LogP contribution in [0.2, 0.25) is 0 Å². The lowest BCUT2D eigenvalue weighted by Crippen LogP contribution is -2.34. The summed E-state index contributed by atoms with van der Waals surface area (Å²) < 4.78 is 2.12. The molecule has 5 rings (SSSR count). The molecule has 1 saturated heterocycles. The average Bonchev–Trinajstić information content (AvgIpc) is 3.38. The zero-order valence-electron chi connectivity index (χ0n) is 15.1. The predicted octanol–water partition coefficient (Wildman–Crippen LogP) is 3.50. The van der Waals surface area contributed by atoms with Gasteiger partial charge in [-0.2, -0.15) is 0 Å². The van der Waals surface area contributed by atoms with Gasteiger partial charge >= 0.3 is 0 Å². The number of rotatable bonds is 4. The summed E-state index contributed by atoms with van der Waals surface area (Å²) in [5, 5.41) is 0. The predicted molar refractivity (Wildman–Crippen MR) is 104 cm³/mol. The van der Waals surface area contributed by atoms with Gasteiger partial charge in [-0.15, -0.1) is 0 Å². The van der Waals surface area contributed by atoms with Gasteiger partial charge in [0.15, 0.2) is 0 Å². The quantitative estimate of drug-likeness (QED) is 0.606. The van der Waals surface area contributed by atoms with Crippen LogP contribution in [0.4, 0.5) is 0 Å². The maximum Gasteiger partial charge on any atom is 0.234 e. The Balaban J connectivity index is 1.49. The van der Waals surface area contributed by atoms with Crippen molar-refractivity contribution in [3.8, 4) is 11.3 Å². The van der Waals surface area contributed by atoms with Crippen molar-refractivity contribution >= 4 is 5.78 Å². The first-order valence-electron chi connectivity index (χ1n) is 9.47. The molecule has 6 nitrogen and oxygen atoms in total. The summed E-state index contributed by atoms with van der Waals surface area (Å²) in [6.07, 6.45) is 9.99. The number of fused-ring (bicyclic) bond motifs is 1. The van der Waals surface area contributed by atoms with Crippen LogP contribution in [0.25, 0.3) is 17.0 Å². The van der Waals surface area contributed by atoms with Gasteiger partial charge in [0, 0.05) is 49.4 Å². The molecule has 1 atom stereocenters. The summed E-state index contributed by atoms with van der Waals surface area (Å²) in [4.78, 5) is 19.6. The fourth-order valence-corrected chi connectivity index (χ4v) is 4.05. The lowest BCUT2D eigenvalue weighted by atomic mass is 9.97. The minimum Gasteiger partial charge on any atom is -0.348 e. The van der Waals surface area contributed by atoms with E-state index in [-0.39, 0.29) is 0 Å². The molecule has 0 spiro atoms. The van der Waals surface area contributed by atoms with E-state index < -0.39 is 0 Å². The van der Waals surface area contributed by atoms with E-state index >= 15 is 0 Å². The summed E-state index contributed by atoms with van der Waals surface area (Å²) in [6.45, 7) is 2.96. The maximum atomic E-state index is 4.82. The van der Waals surface area contributed by atoms with E-state index in [1.165, 1.54) is 18.5 Å². The number of nitrogens with one attached hydrogen (secondary N) is 1. The van der Waals surface area contributed by atoms with Crippen molar-refractivity contribution in [1.29, 1.82) is 0 Å². The van der Waals surface area contributed by atoms with Crippen LogP contribution in [0.1, 0.15) is 30.3 Å². The smallest absolute Gasteiger partial charge is 0.234 e. The number of nitrogens with zero attached hydrogens (tertiary/aromatic N) is 5. The number of aromatic nitrogens is 5. The Morgan fingerprint density at radius 2 is 2.00 bits per heavy atom. The third-order valence-electron chi connectivity index (χ3n) is 5.33. The maximum absolute atomic E-state index is 4.82. The number of aromatic amines is 1. The number of hydrogen-bond acceptors (Lipinski definition) is 4. The van der Waals surface area contributed by atoms with Gasteiger partial charge < -0.3 is 4.98 Å². The molecular formula is C21H22N6. The Hall–Kier alpha value is -2.99. The molecular weight excluding hydrogens is 336 g/mol. The fraction of sp³-hybridized carbons (Fsp3) is 0.286. The Morgan fingerprint density at radius 1 is 1.07 bits per heavy atom. The minimum atomic E-state index is 0.464. The van der Waals surface area contributed by atoms with Crippen LogP contribution in [0.15, 0.2) is 61.2 Å². The van der Waals surface area contributed by atoms with E-state index in [4.69, 9.17) is 4.98 Å². The summed E-state index contributed by atoms with van der Waals surface area (Å²) >= 11 is 0. The first-order valence-corrected chi connectivity index (χ1v) is 9.47. The third kappa shape index (κ3) is 3.13. The highest BCUT2D eigenvalue weighted by Crippen LogP contribution is 2.29. The zero-order chi connectivity index (χ0) is 18.1. The minimum absolute atomic E-state index is 0.464. The molecule has 3 aromatic heterocycles. The number of likely N-dealkylation sites (tertiary alicyclic amines) is 1. The number of H-pyrrole nitrogens is 1. The van der Waals surface area contributed by atoms with Crippen molar-refractivity contribution < 1.29 is 0 Å². The molecule has 1 aliphatic heterocycles. The van der Waals surface area contributed by atoms with E-state index in [1.54, 1.807) is 6.20 Å². The lowest BCUT2D eigenvalue weighted by Gasteiger charge is -2.31. The molecule has 4 heterocycles. The standard InChI is InChI=1S/C21H22N6/c1-2-6-16(7-3-1)19-18(27-13-5-9-24-21(27)25-19)15-26-12-4-8-17(14-26)20-22-10-11-23-20/h1-3,5-7,9-11,13,17H,4,8,12,14-15H2,(H,22,23)/t17-/m1/s1. The monoisotopic (exact) mass is 358 g/mol. The Labute approximate surface area is 157 Å². The molecule has 0 amide bonds. The summed E-state index contributed by atoms with van der Waals surface area (Å²) in [5.41, 5.74) is 3.36. The van der Waals surface area contributed by atoms with E-state index in [2.05, 4.69) is 54.7 Å². The fourth-order valence-electron chi connectivity index (χ4n) is 4.05. The first-order chi connectivity index (χ1) is 13.4. The van der Waals surface area contributed by atoms with Crippen LogP contribution in [-0.4, -0.2) is 42.3 Å². The van der Waals surface area contributed by atoms with Crippen molar-refractivity contribution in [2.24, 2.45) is 0 Å².